The summed E-state index contributed by atoms with van der Waals surface area (Å²) in [5, 5.41) is 6.56. The first-order valence-electron chi connectivity index (χ1n) is 15.5. The molecule has 46 heavy (non-hydrogen) atoms. The van der Waals surface area contributed by atoms with Crippen molar-refractivity contribution in [2.24, 2.45) is 16.8 Å². The van der Waals surface area contributed by atoms with E-state index in [1.807, 2.05) is 88.4 Å². The van der Waals surface area contributed by atoms with Gasteiger partial charge in [-0.05, 0) is 54.0 Å². The molecular weight excluding hydrogens is 590 g/mol. The molecule has 2 aliphatic rings. The molecule has 0 aliphatic carbocycles. The van der Waals surface area contributed by atoms with E-state index in [-0.39, 0.29) is 24.3 Å². The Morgan fingerprint density at radius 2 is 1.63 bits per heavy atom. The first-order valence-corrected chi connectivity index (χ1v) is 15.5. The standard InChI is InChI=1S/C34H43N5O7/c1-22(2)29(37-34(43)45-20-25-10-7-6-8-11-25)32(41)38-19-9-12-27(38)31(40)36-30(23(3)4)33(42)39-21-35-28(46-39)18-15-24-13-16-26(44-5)17-14-24/h6-8,10-11,13-18,21-23,27-30H,9,12,19-20H2,1-5H3,(H,36,40)(H,37,43)/b18-15+/t27-,28?,29-,30?/m0/s1. The van der Waals surface area contributed by atoms with Gasteiger partial charge in [0, 0.05) is 6.54 Å². The number of hydrogen-bond donors (Lipinski definition) is 2. The number of likely N-dealkylation sites (tertiary alicyclic amines) is 1. The van der Waals surface area contributed by atoms with E-state index in [4.69, 9.17) is 14.3 Å². The molecule has 2 aromatic rings. The van der Waals surface area contributed by atoms with Gasteiger partial charge in [-0.1, -0.05) is 76.2 Å². The lowest BCUT2D eigenvalue weighted by Crippen LogP contribution is -2.58. The highest BCUT2D eigenvalue weighted by molar-refractivity contribution is 5.96. The van der Waals surface area contributed by atoms with E-state index < -0.39 is 42.3 Å². The average molecular weight is 634 g/mol. The fraction of sp³-hybridized carbons (Fsp3) is 0.441. The van der Waals surface area contributed by atoms with Gasteiger partial charge in [-0.3, -0.25) is 14.4 Å². The second-order valence-corrected chi connectivity index (χ2v) is 11.9. The molecule has 0 spiro atoms. The summed E-state index contributed by atoms with van der Waals surface area (Å²) < 4.78 is 10.5. The van der Waals surface area contributed by atoms with E-state index in [0.717, 1.165) is 21.9 Å². The van der Waals surface area contributed by atoms with Crippen molar-refractivity contribution in [2.75, 3.05) is 13.7 Å². The number of ether oxygens (including phenoxy) is 2. The lowest BCUT2D eigenvalue weighted by molar-refractivity contribution is -0.167. The number of alkyl carbamates (subject to hydrolysis) is 1. The van der Waals surface area contributed by atoms with E-state index in [1.165, 1.54) is 11.2 Å². The molecule has 1 fully saturated rings. The van der Waals surface area contributed by atoms with Crippen molar-refractivity contribution < 1.29 is 33.5 Å². The minimum atomic E-state index is -0.923. The van der Waals surface area contributed by atoms with E-state index in [2.05, 4.69) is 15.6 Å². The van der Waals surface area contributed by atoms with Crippen LogP contribution in [0.3, 0.4) is 0 Å². The Kier molecular flexibility index (Phi) is 11.9. The molecule has 0 radical (unpaired) electrons. The molecule has 2 N–H and O–H groups in total. The van der Waals surface area contributed by atoms with E-state index in [1.54, 1.807) is 13.2 Å². The summed E-state index contributed by atoms with van der Waals surface area (Å²) in [4.78, 5) is 64.7. The number of amides is 4. The summed E-state index contributed by atoms with van der Waals surface area (Å²) in [5.74, 6) is -1.10. The quantitative estimate of drug-likeness (QED) is 0.361. The van der Waals surface area contributed by atoms with Crippen LogP contribution < -0.4 is 15.4 Å². The molecule has 0 aromatic heterocycles. The molecular formula is C34H43N5O7. The number of benzene rings is 2. The Bertz CT molecular complexity index is 1410. The van der Waals surface area contributed by atoms with Crippen molar-refractivity contribution >= 4 is 36.2 Å². The highest BCUT2D eigenvalue weighted by Gasteiger charge is 2.41. The maximum Gasteiger partial charge on any atom is 0.408 e. The average Bonchev–Trinajstić information content (AvgIpc) is 3.75. The number of rotatable bonds is 12. The Labute approximate surface area is 269 Å². The van der Waals surface area contributed by atoms with Crippen molar-refractivity contribution in [3.05, 3.63) is 71.8 Å². The third kappa shape index (κ3) is 8.94. The van der Waals surface area contributed by atoms with Gasteiger partial charge in [0.15, 0.2) is 6.23 Å². The van der Waals surface area contributed by atoms with Crippen LogP contribution in [0.2, 0.25) is 0 Å². The van der Waals surface area contributed by atoms with Crippen LogP contribution in [0.15, 0.2) is 65.7 Å². The number of nitrogens with one attached hydrogen (secondary N) is 2. The minimum Gasteiger partial charge on any atom is -0.497 e. The third-order valence-electron chi connectivity index (χ3n) is 7.81. The summed E-state index contributed by atoms with van der Waals surface area (Å²) in [7, 11) is 1.60. The summed E-state index contributed by atoms with van der Waals surface area (Å²) in [6.45, 7) is 7.68. The van der Waals surface area contributed by atoms with Gasteiger partial charge in [0.05, 0.1) is 7.11 Å². The third-order valence-corrected chi connectivity index (χ3v) is 7.81. The number of carbonyl (C=O) groups is 4. The van der Waals surface area contributed by atoms with Crippen molar-refractivity contribution in [2.45, 2.75) is 71.5 Å². The normalized spacial score (nSPS) is 19.0. The van der Waals surface area contributed by atoms with E-state index >= 15 is 0 Å². The lowest BCUT2D eigenvalue weighted by Gasteiger charge is -2.32. The maximum absolute atomic E-state index is 13.7. The molecule has 4 amide bonds. The number of methoxy groups -OCH3 is 1. The summed E-state index contributed by atoms with van der Waals surface area (Å²) in [5.41, 5.74) is 1.73. The van der Waals surface area contributed by atoms with Crippen molar-refractivity contribution in [3.63, 3.8) is 0 Å². The van der Waals surface area contributed by atoms with Gasteiger partial charge in [0.25, 0.3) is 5.91 Å². The zero-order valence-corrected chi connectivity index (χ0v) is 26.9. The van der Waals surface area contributed by atoms with Crippen LogP contribution in [0.5, 0.6) is 5.75 Å². The van der Waals surface area contributed by atoms with Crippen LogP contribution >= 0.6 is 0 Å². The predicted octanol–water partition coefficient (Wildman–Crippen LogP) is 3.92. The number of hydroxylamine groups is 2. The van der Waals surface area contributed by atoms with Crippen LogP contribution in [-0.2, 0) is 30.6 Å². The Balaban J connectivity index is 1.34. The van der Waals surface area contributed by atoms with Gasteiger partial charge in [-0.15, -0.1) is 0 Å². The zero-order valence-electron chi connectivity index (χ0n) is 26.9. The fourth-order valence-corrected chi connectivity index (χ4v) is 5.19. The molecule has 2 unspecified atom stereocenters. The summed E-state index contributed by atoms with van der Waals surface area (Å²) in [6.07, 6.45) is 4.45. The van der Waals surface area contributed by atoms with Crippen LogP contribution in [0, 0.1) is 11.8 Å². The number of hydrogen-bond acceptors (Lipinski definition) is 8. The second-order valence-electron chi connectivity index (χ2n) is 11.9. The van der Waals surface area contributed by atoms with Crippen LogP contribution in [0.1, 0.15) is 51.7 Å². The topological polar surface area (TPSA) is 139 Å². The maximum atomic E-state index is 13.7. The monoisotopic (exact) mass is 633 g/mol. The molecule has 1 saturated heterocycles. The molecule has 0 bridgehead atoms. The molecule has 4 rings (SSSR count). The first kappa shape index (κ1) is 34.2. The van der Waals surface area contributed by atoms with E-state index in [9.17, 15) is 19.2 Å². The lowest BCUT2D eigenvalue weighted by atomic mass is 10.0. The van der Waals surface area contributed by atoms with Crippen molar-refractivity contribution in [1.82, 2.24) is 20.6 Å². The number of nitrogens with zero attached hydrogens (tertiary/aromatic N) is 3. The van der Waals surface area contributed by atoms with Gasteiger partial charge >= 0.3 is 6.09 Å². The molecule has 0 saturated carbocycles. The Hall–Kier alpha value is -4.71. The minimum absolute atomic E-state index is 0.0657. The molecule has 4 atom stereocenters. The van der Waals surface area contributed by atoms with Gasteiger partial charge in [0.2, 0.25) is 11.8 Å². The fourth-order valence-electron chi connectivity index (χ4n) is 5.19. The van der Waals surface area contributed by atoms with Gasteiger partial charge in [-0.25, -0.2) is 14.6 Å². The van der Waals surface area contributed by atoms with E-state index in [0.29, 0.717) is 19.4 Å². The molecule has 12 nitrogen and oxygen atoms in total. The summed E-state index contributed by atoms with van der Waals surface area (Å²) >= 11 is 0. The molecule has 2 aliphatic heterocycles. The van der Waals surface area contributed by atoms with Crippen LogP contribution in [-0.4, -0.2) is 78.1 Å². The highest BCUT2D eigenvalue weighted by Crippen LogP contribution is 2.22. The van der Waals surface area contributed by atoms with Crippen molar-refractivity contribution in [1.29, 1.82) is 0 Å². The second kappa shape index (κ2) is 16.0. The molecule has 246 valence electrons. The number of aliphatic imine (C=N–C) groups is 1. The Morgan fingerprint density at radius 3 is 2.28 bits per heavy atom. The molecule has 2 aromatic carbocycles. The Morgan fingerprint density at radius 1 is 0.957 bits per heavy atom. The smallest absolute Gasteiger partial charge is 0.408 e. The van der Waals surface area contributed by atoms with Crippen LogP contribution in [0.25, 0.3) is 6.08 Å². The van der Waals surface area contributed by atoms with Gasteiger partial charge in [0.1, 0.15) is 36.8 Å². The zero-order chi connectivity index (χ0) is 33.2. The molecule has 2 heterocycles. The first-order chi connectivity index (χ1) is 22.1. The van der Waals surface area contributed by atoms with Gasteiger partial charge in [-0.2, -0.15) is 5.06 Å². The van der Waals surface area contributed by atoms with Gasteiger partial charge < -0.3 is 25.0 Å². The highest BCUT2D eigenvalue weighted by atomic mass is 16.7. The van der Waals surface area contributed by atoms with Crippen molar-refractivity contribution in [3.8, 4) is 5.75 Å². The predicted molar refractivity (Wildman–Crippen MR) is 172 cm³/mol. The SMILES string of the molecule is COc1ccc(/C=C/C2N=CN(C(=O)C(NC(=O)[C@@H]3CCCN3C(=O)[C@@H](NC(=O)OCc3ccccc3)C(C)C)C(C)C)O2)cc1. The molecule has 12 heteroatoms. The largest absolute Gasteiger partial charge is 0.497 e. The van der Waals surface area contributed by atoms with Crippen LogP contribution in [0.4, 0.5) is 4.79 Å². The summed E-state index contributed by atoms with van der Waals surface area (Å²) in [6, 6.07) is 14.1. The number of carbonyl (C=O) groups excluding carboxylic acids is 4.